The molecule has 1 heterocycles. The first-order valence-corrected chi connectivity index (χ1v) is 13.5. The number of carbonyl (C=O) groups is 2. The number of nitrogens with zero attached hydrogens (tertiary/aromatic N) is 1. The number of aliphatic hydroxyl groups is 3. The van der Waals surface area contributed by atoms with Gasteiger partial charge in [-0.3, -0.25) is 9.59 Å². The number of aliphatic hydroxyl groups excluding tert-OH is 3. The Bertz CT molecular complexity index is 1290. The number of methoxy groups -OCH3 is 2. The topological polar surface area (TPSA) is 138 Å². The maximum atomic E-state index is 13.5. The molecule has 0 fully saturated rings. The van der Waals surface area contributed by atoms with Crippen molar-refractivity contribution in [1.82, 2.24) is 10.2 Å². The first kappa shape index (κ1) is 30.1. The molecular weight excluding hydrogens is 563 g/mol. The van der Waals surface area contributed by atoms with Gasteiger partial charge in [-0.2, -0.15) is 0 Å². The number of rotatable bonds is 11. The minimum Gasteiger partial charge on any atom is -0.493 e. The summed E-state index contributed by atoms with van der Waals surface area (Å²) in [5.74, 6) is -0.834. The lowest BCUT2D eigenvalue weighted by Crippen LogP contribution is -2.55. The van der Waals surface area contributed by atoms with E-state index in [-0.39, 0.29) is 50.8 Å². The zero-order valence-electron chi connectivity index (χ0n) is 22.1. The summed E-state index contributed by atoms with van der Waals surface area (Å²) < 4.78 is 16.8. The second-order valence-corrected chi connectivity index (χ2v) is 10.3. The normalized spacial score (nSPS) is 21.1. The summed E-state index contributed by atoms with van der Waals surface area (Å²) in [6.07, 6.45) is -0.598. The van der Waals surface area contributed by atoms with Gasteiger partial charge in [0.15, 0.2) is 11.5 Å². The van der Waals surface area contributed by atoms with E-state index in [1.807, 2.05) is 0 Å². The van der Waals surface area contributed by atoms with E-state index in [9.17, 15) is 24.9 Å². The average Bonchev–Trinajstić information content (AvgIpc) is 3.35. The average molecular weight is 595 g/mol. The smallest absolute Gasteiger partial charge is 0.247 e. The Kier molecular flexibility index (Phi) is 9.94. The van der Waals surface area contributed by atoms with Crippen LogP contribution < -0.4 is 14.8 Å². The van der Waals surface area contributed by atoms with Gasteiger partial charge in [0.1, 0.15) is 12.2 Å². The van der Waals surface area contributed by atoms with Crippen LogP contribution in [-0.2, 0) is 27.5 Å². The minimum absolute atomic E-state index is 0.00819. The Balaban J connectivity index is 1.81. The molecule has 0 radical (unpaired) electrons. The zero-order valence-corrected chi connectivity index (χ0v) is 23.6. The van der Waals surface area contributed by atoms with Crippen LogP contribution in [0.25, 0.3) is 0 Å². The van der Waals surface area contributed by atoms with E-state index in [0.29, 0.717) is 38.2 Å². The van der Waals surface area contributed by atoms with Crippen LogP contribution in [0.15, 0.2) is 42.0 Å². The van der Waals surface area contributed by atoms with Gasteiger partial charge < -0.3 is 39.7 Å². The van der Waals surface area contributed by atoms with Gasteiger partial charge in [-0.15, -0.1) is 0 Å². The summed E-state index contributed by atoms with van der Waals surface area (Å²) in [5, 5.41) is 34.2. The molecule has 4 rings (SSSR count). The number of fused-ring (bicyclic) bond motifs is 3. The monoisotopic (exact) mass is 594 g/mol. The maximum absolute atomic E-state index is 13.5. The number of amides is 2. The molecule has 1 aliphatic carbocycles. The Morgan fingerprint density at radius 3 is 2.52 bits per heavy atom. The van der Waals surface area contributed by atoms with E-state index in [4.69, 9.17) is 37.4 Å². The molecule has 4 unspecified atom stereocenters. The summed E-state index contributed by atoms with van der Waals surface area (Å²) in [6.45, 7) is -0.316. The molecule has 216 valence electrons. The molecule has 10 nitrogen and oxygen atoms in total. The van der Waals surface area contributed by atoms with Crippen molar-refractivity contribution in [3.05, 3.63) is 68.7 Å². The van der Waals surface area contributed by atoms with E-state index in [2.05, 4.69) is 5.32 Å². The highest BCUT2D eigenvalue weighted by atomic mass is 35.5. The van der Waals surface area contributed by atoms with Gasteiger partial charge in [0.2, 0.25) is 11.8 Å². The quantitative estimate of drug-likeness (QED) is 0.310. The van der Waals surface area contributed by atoms with E-state index in [1.54, 1.807) is 36.4 Å². The van der Waals surface area contributed by atoms with Gasteiger partial charge in [0.25, 0.3) is 0 Å². The standard InChI is InChI=1S/C28H32Cl2N2O8/c1-38-8-5-23(35)32(13-15-3-4-19(29)20(30)10-15)21-12-18(28(37)31-6-7-33)24-17-9-16(14-34)11-22(39-2)26(17)40-27(24)25(21)36/h3-4,9-12,21,24-25,27,33-34,36H,5-8,13-14H2,1-2H3,(H,31,37). The molecule has 0 bridgehead atoms. The lowest BCUT2D eigenvalue weighted by atomic mass is 9.77. The highest BCUT2D eigenvalue weighted by Gasteiger charge is 2.51. The van der Waals surface area contributed by atoms with E-state index in [1.165, 1.54) is 19.1 Å². The number of halogens is 2. The van der Waals surface area contributed by atoms with Crippen LogP contribution in [0.5, 0.6) is 11.5 Å². The molecule has 2 aromatic carbocycles. The third-order valence-electron chi connectivity index (χ3n) is 7.03. The first-order chi connectivity index (χ1) is 19.2. The van der Waals surface area contributed by atoms with Crippen LogP contribution in [0.1, 0.15) is 29.0 Å². The zero-order chi connectivity index (χ0) is 29.0. The predicted octanol–water partition coefficient (Wildman–Crippen LogP) is 2.18. The SMILES string of the molecule is COCCC(=O)N(Cc1ccc(Cl)c(Cl)c1)C1C=C(C(=O)NCCO)C2c3cc(CO)cc(OC)c3OC2C1O. The number of nitrogens with one attached hydrogen (secondary N) is 1. The first-order valence-electron chi connectivity index (χ1n) is 12.7. The van der Waals surface area contributed by atoms with Crippen molar-refractivity contribution in [2.45, 2.75) is 43.7 Å². The fourth-order valence-corrected chi connectivity index (χ4v) is 5.47. The molecule has 4 atom stereocenters. The number of carbonyl (C=O) groups excluding carboxylic acids is 2. The van der Waals surface area contributed by atoms with Crippen molar-refractivity contribution >= 4 is 35.0 Å². The fraction of sp³-hybridized carbons (Fsp3) is 0.429. The van der Waals surface area contributed by atoms with Crippen LogP contribution in [0, 0.1) is 0 Å². The largest absolute Gasteiger partial charge is 0.493 e. The van der Waals surface area contributed by atoms with Crippen molar-refractivity contribution < 1.29 is 39.1 Å². The van der Waals surface area contributed by atoms with E-state index >= 15 is 0 Å². The van der Waals surface area contributed by atoms with E-state index in [0.717, 1.165) is 0 Å². The van der Waals surface area contributed by atoms with Crippen molar-refractivity contribution in [3.63, 3.8) is 0 Å². The van der Waals surface area contributed by atoms with Crippen LogP contribution in [0.2, 0.25) is 10.0 Å². The highest BCUT2D eigenvalue weighted by Crippen LogP contribution is 2.51. The molecule has 0 aromatic heterocycles. The molecule has 12 heteroatoms. The molecular formula is C28H32Cl2N2O8. The van der Waals surface area contributed by atoms with Crippen molar-refractivity contribution in [2.24, 2.45) is 0 Å². The predicted molar refractivity (Wildman–Crippen MR) is 148 cm³/mol. The molecule has 0 saturated heterocycles. The lowest BCUT2D eigenvalue weighted by molar-refractivity contribution is -0.139. The molecule has 40 heavy (non-hydrogen) atoms. The van der Waals surface area contributed by atoms with Crippen molar-refractivity contribution in [1.29, 1.82) is 0 Å². The Labute approximate surface area is 242 Å². The van der Waals surface area contributed by atoms with Gasteiger partial charge in [-0.1, -0.05) is 29.3 Å². The van der Waals surface area contributed by atoms with Gasteiger partial charge in [-0.05, 0) is 41.5 Å². The summed E-state index contributed by atoms with van der Waals surface area (Å²) in [5.41, 5.74) is 2.03. The molecule has 0 saturated carbocycles. The summed E-state index contributed by atoms with van der Waals surface area (Å²) in [7, 11) is 2.94. The highest BCUT2D eigenvalue weighted by molar-refractivity contribution is 6.42. The summed E-state index contributed by atoms with van der Waals surface area (Å²) in [6, 6.07) is 7.35. The molecule has 2 aromatic rings. The van der Waals surface area contributed by atoms with Crippen molar-refractivity contribution in [2.75, 3.05) is 34.0 Å². The second-order valence-electron chi connectivity index (χ2n) is 9.53. The van der Waals surface area contributed by atoms with Crippen LogP contribution >= 0.6 is 23.2 Å². The van der Waals surface area contributed by atoms with Gasteiger partial charge >= 0.3 is 0 Å². The molecule has 1 aliphatic heterocycles. The molecule has 2 amide bonds. The Morgan fingerprint density at radius 2 is 1.88 bits per heavy atom. The van der Waals surface area contributed by atoms with Crippen LogP contribution in [0.4, 0.5) is 0 Å². The number of hydrogen-bond acceptors (Lipinski definition) is 8. The molecule has 4 N–H and O–H groups in total. The lowest BCUT2D eigenvalue weighted by Gasteiger charge is -2.41. The second kappa shape index (κ2) is 13.2. The van der Waals surface area contributed by atoms with Crippen LogP contribution in [0.3, 0.4) is 0 Å². The molecule has 2 aliphatic rings. The van der Waals surface area contributed by atoms with Crippen molar-refractivity contribution in [3.8, 4) is 11.5 Å². The fourth-order valence-electron chi connectivity index (χ4n) is 5.15. The third-order valence-corrected chi connectivity index (χ3v) is 7.77. The number of ether oxygens (including phenoxy) is 3. The third kappa shape index (κ3) is 6.07. The van der Waals surface area contributed by atoms with E-state index < -0.39 is 30.1 Å². The summed E-state index contributed by atoms with van der Waals surface area (Å²) in [4.78, 5) is 28.3. The minimum atomic E-state index is -1.25. The Hall–Kier alpha value is -2.86. The number of benzene rings is 2. The summed E-state index contributed by atoms with van der Waals surface area (Å²) >= 11 is 12.3. The maximum Gasteiger partial charge on any atom is 0.247 e. The molecule has 0 spiro atoms. The Morgan fingerprint density at radius 1 is 1.10 bits per heavy atom. The van der Waals surface area contributed by atoms with Gasteiger partial charge in [0.05, 0.1) is 55.4 Å². The van der Waals surface area contributed by atoms with Gasteiger partial charge in [-0.25, -0.2) is 0 Å². The van der Waals surface area contributed by atoms with Gasteiger partial charge in [0, 0.05) is 31.3 Å². The number of hydrogen-bond donors (Lipinski definition) is 4. The van der Waals surface area contributed by atoms with Crippen LogP contribution in [-0.4, -0.2) is 84.3 Å².